The molecule has 0 aliphatic heterocycles. The molecule has 0 bridgehead atoms. The molecule has 0 saturated heterocycles. The molecule has 0 spiro atoms. The first-order chi connectivity index (χ1) is 9.02. The maximum atomic E-state index is 11.1. The van der Waals surface area contributed by atoms with Crippen LogP contribution in [0.5, 0.6) is 0 Å². The van der Waals surface area contributed by atoms with Crippen LogP contribution in [0.3, 0.4) is 0 Å². The van der Waals surface area contributed by atoms with Gasteiger partial charge in [-0.25, -0.2) is 0 Å². The second-order valence-corrected chi connectivity index (χ2v) is 6.90. The molecule has 0 radical (unpaired) electrons. The molecule has 2 nitrogen and oxygen atoms in total. The van der Waals surface area contributed by atoms with Gasteiger partial charge in [0.05, 0.1) is 0 Å². The van der Waals surface area contributed by atoms with Crippen molar-refractivity contribution in [2.45, 2.75) is 52.1 Å². The Hall–Kier alpha value is -0.670. The molecule has 0 saturated carbocycles. The van der Waals surface area contributed by atoms with Gasteiger partial charge in [0.15, 0.2) is 0 Å². The van der Waals surface area contributed by atoms with Gasteiger partial charge in [-0.15, -0.1) is 0 Å². The highest BCUT2D eigenvalue weighted by atomic mass is 32.2. The van der Waals surface area contributed by atoms with Crippen molar-refractivity contribution in [1.82, 2.24) is 5.32 Å². The Morgan fingerprint density at radius 2 is 1.84 bits per heavy atom. The van der Waals surface area contributed by atoms with Crippen molar-refractivity contribution in [2.24, 2.45) is 0 Å². The van der Waals surface area contributed by atoms with Crippen LogP contribution in [-0.2, 0) is 17.2 Å². The van der Waals surface area contributed by atoms with Crippen LogP contribution in [0.4, 0.5) is 0 Å². The lowest BCUT2D eigenvalue weighted by atomic mass is 10.0. The molecule has 0 aliphatic carbocycles. The van der Waals surface area contributed by atoms with Gasteiger partial charge in [-0.3, -0.25) is 4.21 Å². The Bertz CT molecular complexity index is 388. The molecule has 3 heteroatoms. The third kappa shape index (κ3) is 6.35. The van der Waals surface area contributed by atoms with E-state index in [1.807, 2.05) is 0 Å². The van der Waals surface area contributed by atoms with Crippen molar-refractivity contribution in [2.75, 3.05) is 12.0 Å². The monoisotopic (exact) mass is 281 g/mol. The minimum Gasteiger partial charge on any atom is -0.308 e. The van der Waals surface area contributed by atoms with Gasteiger partial charge in [-0.2, -0.15) is 0 Å². The lowest BCUT2D eigenvalue weighted by Crippen LogP contribution is -2.30. The van der Waals surface area contributed by atoms with Crippen LogP contribution < -0.4 is 5.32 Å². The average Bonchev–Trinajstić information content (AvgIpc) is 2.37. The highest BCUT2D eigenvalue weighted by Crippen LogP contribution is 2.15. The quantitative estimate of drug-likeness (QED) is 0.791. The highest BCUT2D eigenvalue weighted by molar-refractivity contribution is 7.84. The first kappa shape index (κ1) is 16.4. The van der Waals surface area contributed by atoms with E-state index in [0.29, 0.717) is 12.1 Å². The Labute approximate surface area is 120 Å². The van der Waals surface area contributed by atoms with Crippen molar-refractivity contribution in [3.63, 3.8) is 0 Å². The van der Waals surface area contributed by atoms with Crippen molar-refractivity contribution in [1.29, 1.82) is 0 Å². The summed E-state index contributed by atoms with van der Waals surface area (Å²) in [6.45, 7) is 6.56. The molecular formula is C16H27NOS. The maximum absolute atomic E-state index is 11.1. The van der Waals surface area contributed by atoms with E-state index in [4.69, 9.17) is 0 Å². The summed E-state index contributed by atoms with van der Waals surface area (Å²) in [5, 5.41) is 3.57. The summed E-state index contributed by atoms with van der Waals surface area (Å²) in [4.78, 5) is 0. The van der Waals surface area contributed by atoms with Crippen LogP contribution in [0.2, 0.25) is 0 Å². The Balaban J connectivity index is 2.47. The van der Waals surface area contributed by atoms with Gasteiger partial charge in [0.1, 0.15) is 0 Å². The molecule has 108 valence electrons. The Kier molecular flexibility index (Phi) is 7.32. The van der Waals surface area contributed by atoms with Gasteiger partial charge >= 0.3 is 0 Å². The second-order valence-electron chi connectivity index (χ2n) is 5.35. The highest BCUT2D eigenvalue weighted by Gasteiger charge is 2.09. The molecule has 0 aliphatic rings. The summed E-state index contributed by atoms with van der Waals surface area (Å²) >= 11 is 0. The maximum Gasteiger partial charge on any atom is 0.0294 e. The molecule has 1 rings (SSSR count). The molecule has 1 aromatic rings. The third-order valence-electron chi connectivity index (χ3n) is 3.39. The van der Waals surface area contributed by atoms with Crippen molar-refractivity contribution >= 4 is 10.8 Å². The minimum absolute atomic E-state index is 0.343. The summed E-state index contributed by atoms with van der Waals surface area (Å²) < 4.78 is 11.1. The molecule has 1 N–H and O–H groups in total. The zero-order valence-corrected chi connectivity index (χ0v) is 13.4. The standard InChI is InChI=1S/C16H27NOS/c1-5-6-15-7-9-16(10-8-15)14(3)17-13(2)11-12-19(4)18/h7-10,13-14,17H,5-6,11-12H2,1-4H3. The molecular weight excluding hydrogens is 254 g/mol. The summed E-state index contributed by atoms with van der Waals surface area (Å²) in [6, 6.07) is 9.62. The van der Waals surface area contributed by atoms with Gasteiger partial charge in [0, 0.05) is 34.9 Å². The van der Waals surface area contributed by atoms with Crippen molar-refractivity contribution in [3.05, 3.63) is 35.4 Å². The molecule has 3 atom stereocenters. The van der Waals surface area contributed by atoms with Crippen LogP contribution in [0.1, 0.15) is 50.8 Å². The molecule has 0 aromatic heterocycles. The fraction of sp³-hybridized carbons (Fsp3) is 0.625. The normalized spacial score (nSPS) is 16.0. The largest absolute Gasteiger partial charge is 0.308 e. The summed E-state index contributed by atoms with van der Waals surface area (Å²) in [5.41, 5.74) is 2.73. The molecule has 1 aromatic carbocycles. The summed E-state index contributed by atoms with van der Waals surface area (Å²) in [5.74, 6) is 0.774. The molecule has 3 unspecified atom stereocenters. The van der Waals surface area contributed by atoms with E-state index in [0.717, 1.165) is 18.6 Å². The van der Waals surface area contributed by atoms with Gasteiger partial charge < -0.3 is 5.32 Å². The summed E-state index contributed by atoms with van der Waals surface area (Å²) in [6.07, 6.45) is 5.07. The smallest absolute Gasteiger partial charge is 0.0294 e. The third-order valence-corrected chi connectivity index (χ3v) is 4.20. The number of hydrogen-bond acceptors (Lipinski definition) is 2. The Morgan fingerprint density at radius 3 is 2.37 bits per heavy atom. The SMILES string of the molecule is CCCc1ccc(C(C)NC(C)CCS(C)=O)cc1. The van der Waals surface area contributed by atoms with Gasteiger partial charge in [0.25, 0.3) is 0 Å². The van der Waals surface area contributed by atoms with Crippen LogP contribution in [0.15, 0.2) is 24.3 Å². The first-order valence-electron chi connectivity index (χ1n) is 7.17. The van der Waals surface area contributed by atoms with Crippen molar-refractivity contribution < 1.29 is 4.21 Å². The predicted octanol–water partition coefficient (Wildman–Crippen LogP) is 3.45. The van der Waals surface area contributed by atoms with E-state index >= 15 is 0 Å². The zero-order chi connectivity index (χ0) is 14.3. The predicted molar refractivity (Wildman–Crippen MR) is 85.0 cm³/mol. The van der Waals surface area contributed by atoms with Gasteiger partial charge in [-0.1, -0.05) is 37.6 Å². The summed E-state index contributed by atoms with van der Waals surface area (Å²) in [7, 11) is -0.691. The van der Waals surface area contributed by atoms with Crippen LogP contribution >= 0.6 is 0 Å². The van der Waals surface area contributed by atoms with E-state index in [9.17, 15) is 4.21 Å². The van der Waals surface area contributed by atoms with Crippen LogP contribution in [0.25, 0.3) is 0 Å². The fourth-order valence-electron chi connectivity index (χ4n) is 2.21. The molecule has 0 fully saturated rings. The van der Waals surface area contributed by atoms with Gasteiger partial charge in [-0.05, 0) is 37.8 Å². The number of hydrogen-bond donors (Lipinski definition) is 1. The van der Waals surface area contributed by atoms with Crippen LogP contribution in [-0.4, -0.2) is 22.3 Å². The molecule has 0 amide bonds. The van der Waals surface area contributed by atoms with Gasteiger partial charge in [0.2, 0.25) is 0 Å². The van der Waals surface area contributed by atoms with E-state index in [1.54, 1.807) is 6.26 Å². The van der Waals surface area contributed by atoms with E-state index in [2.05, 4.69) is 50.4 Å². The van der Waals surface area contributed by atoms with E-state index < -0.39 is 10.8 Å². The topological polar surface area (TPSA) is 29.1 Å². The first-order valence-corrected chi connectivity index (χ1v) is 8.90. The lowest BCUT2D eigenvalue weighted by Gasteiger charge is -2.20. The number of nitrogens with one attached hydrogen (secondary N) is 1. The Morgan fingerprint density at radius 1 is 1.21 bits per heavy atom. The van der Waals surface area contributed by atoms with Crippen molar-refractivity contribution in [3.8, 4) is 0 Å². The van der Waals surface area contributed by atoms with E-state index in [1.165, 1.54) is 17.5 Å². The lowest BCUT2D eigenvalue weighted by molar-refractivity contribution is 0.470. The second kappa shape index (κ2) is 8.49. The number of rotatable bonds is 8. The molecule has 0 heterocycles. The van der Waals surface area contributed by atoms with E-state index in [-0.39, 0.29) is 0 Å². The number of aryl methyl sites for hydroxylation is 1. The van der Waals surface area contributed by atoms with Crippen LogP contribution in [0, 0.1) is 0 Å². The number of benzene rings is 1. The fourth-order valence-corrected chi connectivity index (χ4v) is 2.90. The average molecular weight is 281 g/mol. The molecule has 19 heavy (non-hydrogen) atoms. The zero-order valence-electron chi connectivity index (χ0n) is 12.6. The minimum atomic E-state index is -0.691.